The van der Waals surface area contributed by atoms with Gasteiger partial charge in [-0.05, 0) is 26.0 Å². The number of hydrogen-bond acceptors (Lipinski definition) is 4. The molecule has 1 amide bonds. The Hall–Kier alpha value is -1.38. The highest BCUT2D eigenvalue weighted by molar-refractivity contribution is 7.89. The Morgan fingerprint density at radius 3 is 2.38 bits per heavy atom. The second-order valence-corrected chi connectivity index (χ2v) is 6.87. The molecule has 3 N–H and O–H groups in total. The number of aromatic nitrogens is 1. The number of sulfonamides is 1. The Bertz CT molecular complexity index is 595. The number of hydrogen-bond donors (Lipinski definition) is 3. The molecule has 1 aromatic heterocycles. The molecular weight excluding hydrogens is 294 g/mol. The van der Waals surface area contributed by atoms with Gasteiger partial charge in [0.05, 0.1) is 12.1 Å². The Labute approximate surface area is 125 Å². The van der Waals surface area contributed by atoms with Crippen LogP contribution >= 0.6 is 0 Å². The average Bonchev–Trinajstić information content (AvgIpc) is 2.87. The average molecular weight is 317 g/mol. The van der Waals surface area contributed by atoms with Gasteiger partial charge in [-0.2, -0.15) is 0 Å². The zero-order valence-electron chi connectivity index (χ0n) is 12.8. The lowest BCUT2D eigenvalue weighted by Gasteiger charge is -2.30. The number of aliphatic hydroxyl groups excluding tert-OH is 1. The minimum Gasteiger partial charge on any atom is -0.394 e. The van der Waals surface area contributed by atoms with Crippen molar-refractivity contribution in [2.75, 3.05) is 13.7 Å². The van der Waals surface area contributed by atoms with Gasteiger partial charge in [-0.15, -0.1) is 0 Å². The highest BCUT2D eigenvalue weighted by Crippen LogP contribution is 2.17. The number of carbonyl (C=O) groups excluding carboxylic acids is 1. The van der Waals surface area contributed by atoms with Crippen LogP contribution in [0.5, 0.6) is 0 Å². The molecule has 0 unspecified atom stereocenters. The first-order chi connectivity index (χ1) is 9.75. The number of rotatable bonds is 7. The highest BCUT2D eigenvalue weighted by Gasteiger charge is 2.29. The van der Waals surface area contributed by atoms with Gasteiger partial charge < -0.3 is 15.0 Å². The molecule has 0 saturated carbocycles. The Morgan fingerprint density at radius 1 is 1.38 bits per heavy atom. The molecule has 0 aromatic carbocycles. The van der Waals surface area contributed by atoms with Crippen LogP contribution in [0.1, 0.15) is 37.2 Å². The molecule has 0 spiro atoms. The summed E-state index contributed by atoms with van der Waals surface area (Å²) in [5, 5.41) is 12.3. The minimum absolute atomic E-state index is 0.0280. The van der Waals surface area contributed by atoms with Gasteiger partial charge in [-0.25, -0.2) is 13.1 Å². The van der Waals surface area contributed by atoms with Crippen molar-refractivity contribution in [3.63, 3.8) is 0 Å². The summed E-state index contributed by atoms with van der Waals surface area (Å²) in [6.07, 6.45) is 2.54. The van der Waals surface area contributed by atoms with Crippen LogP contribution in [0, 0.1) is 0 Å². The molecule has 7 nitrogen and oxygen atoms in total. The van der Waals surface area contributed by atoms with E-state index in [0.717, 1.165) is 0 Å². The third-order valence-corrected chi connectivity index (χ3v) is 5.21. The zero-order chi connectivity index (χ0) is 16.3. The molecule has 0 atom stereocenters. The highest BCUT2D eigenvalue weighted by atomic mass is 32.2. The van der Waals surface area contributed by atoms with Crippen molar-refractivity contribution in [2.45, 2.75) is 37.1 Å². The number of aliphatic hydroxyl groups is 1. The topological polar surface area (TPSA) is 100 Å². The molecule has 0 saturated heterocycles. The first-order valence-corrected chi connectivity index (χ1v) is 8.27. The lowest BCUT2D eigenvalue weighted by atomic mass is 9.94. The van der Waals surface area contributed by atoms with E-state index < -0.39 is 21.5 Å². The SMILES string of the molecule is CCC(CC)(CO)NC(=O)c1cc(S(=O)(=O)NC)cn1C. The van der Waals surface area contributed by atoms with E-state index >= 15 is 0 Å². The van der Waals surface area contributed by atoms with Crippen LogP contribution in [0.2, 0.25) is 0 Å². The van der Waals surface area contributed by atoms with Crippen molar-refractivity contribution in [1.82, 2.24) is 14.6 Å². The van der Waals surface area contributed by atoms with Gasteiger partial charge >= 0.3 is 0 Å². The lowest BCUT2D eigenvalue weighted by Crippen LogP contribution is -2.50. The van der Waals surface area contributed by atoms with Crippen LogP contribution in [0.25, 0.3) is 0 Å². The van der Waals surface area contributed by atoms with Crippen LogP contribution in [0.3, 0.4) is 0 Å². The van der Waals surface area contributed by atoms with E-state index in [1.165, 1.54) is 23.9 Å². The van der Waals surface area contributed by atoms with Crippen LogP contribution in [-0.4, -0.2) is 43.2 Å². The molecule has 8 heteroatoms. The summed E-state index contributed by atoms with van der Waals surface area (Å²) in [4.78, 5) is 12.4. The van der Waals surface area contributed by atoms with Crippen molar-refractivity contribution in [3.8, 4) is 0 Å². The number of amides is 1. The fourth-order valence-corrected chi connectivity index (χ4v) is 2.82. The van der Waals surface area contributed by atoms with Gasteiger partial charge in [0.1, 0.15) is 10.6 Å². The Balaban J connectivity index is 3.10. The molecule has 0 fully saturated rings. The van der Waals surface area contributed by atoms with Crippen LogP contribution in [0.4, 0.5) is 0 Å². The third-order valence-electron chi connectivity index (χ3n) is 3.83. The fraction of sp³-hybridized carbons (Fsp3) is 0.615. The fourth-order valence-electron chi connectivity index (χ4n) is 2.02. The zero-order valence-corrected chi connectivity index (χ0v) is 13.6. The summed E-state index contributed by atoms with van der Waals surface area (Å²) in [6.45, 7) is 3.58. The van der Waals surface area contributed by atoms with Crippen molar-refractivity contribution in [3.05, 3.63) is 18.0 Å². The quantitative estimate of drug-likeness (QED) is 0.669. The summed E-state index contributed by atoms with van der Waals surface area (Å²) >= 11 is 0. The molecule has 0 aliphatic rings. The number of nitrogens with zero attached hydrogens (tertiary/aromatic N) is 1. The third kappa shape index (κ3) is 3.63. The van der Waals surface area contributed by atoms with E-state index in [4.69, 9.17) is 0 Å². The molecule has 1 rings (SSSR count). The van der Waals surface area contributed by atoms with Gasteiger partial charge in [-0.1, -0.05) is 13.8 Å². The second-order valence-electron chi connectivity index (χ2n) is 4.98. The summed E-state index contributed by atoms with van der Waals surface area (Å²) in [6, 6.07) is 1.31. The van der Waals surface area contributed by atoms with Crippen molar-refractivity contribution < 1.29 is 18.3 Å². The first-order valence-electron chi connectivity index (χ1n) is 6.78. The molecular formula is C13H23N3O4S. The summed E-state index contributed by atoms with van der Waals surface area (Å²) in [5.41, 5.74) is -0.466. The van der Waals surface area contributed by atoms with Crippen molar-refractivity contribution >= 4 is 15.9 Å². The predicted molar refractivity (Wildman–Crippen MR) is 79.5 cm³/mol. The van der Waals surface area contributed by atoms with E-state index in [1.807, 2.05) is 13.8 Å². The predicted octanol–water partition coefficient (Wildman–Crippen LogP) is 0.214. The Morgan fingerprint density at radius 2 is 1.95 bits per heavy atom. The first kappa shape index (κ1) is 17.7. The van der Waals surface area contributed by atoms with Crippen molar-refractivity contribution in [2.24, 2.45) is 7.05 Å². The van der Waals surface area contributed by atoms with E-state index in [-0.39, 0.29) is 17.2 Å². The molecule has 0 bridgehead atoms. The van der Waals surface area contributed by atoms with Gasteiger partial charge in [0.25, 0.3) is 5.91 Å². The number of aryl methyl sites for hydroxylation is 1. The smallest absolute Gasteiger partial charge is 0.268 e. The maximum atomic E-state index is 12.3. The maximum Gasteiger partial charge on any atom is 0.268 e. The van der Waals surface area contributed by atoms with Crippen molar-refractivity contribution in [1.29, 1.82) is 0 Å². The van der Waals surface area contributed by atoms with Gasteiger partial charge in [-0.3, -0.25) is 4.79 Å². The van der Waals surface area contributed by atoms with E-state index in [0.29, 0.717) is 12.8 Å². The summed E-state index contributed by atoms with van der Waals surface area (Å²) in [5.74, 6) is -0.409. The Kier molecular flexibility index (Phi) is 5.54. The summed E-state index contributed by atoms with van der Waals surface area (Å²) < 4.78 is 27.2. The minimum atomic E-state index is -3.59. The van der Waals surface area contributed by atoms with Gasteiger partial charge in [0.2, 0.25) is 10.0 Å². The van der Waals surface area contributed by atoms with Crippen LogP contribution < -0.4 is 10.0 Å². The molecule has 0 aliphatic carbocycles. The van der Waals surface area contributed by atoms with Crippen LogP contribution in [0.15, 0.2) is 17.2 Å². The maximum absolute atomic E-state index is 12.3. The number of carbonyl (C=O) groups is 1. The monoisotopic (exact) mass is 317 g/mol. The molecule has 0 aliphatic heterocycles. The normalized spacial score (nSPS) is 12.4. The van der Waals surface area contributed by atoms with Gasteiger partial charge in [0, 0.05) is 13.2 Å². The summed E-state index contributed by atoms with van der Waals surface area (Å²) in [7, 11) is -0.682. The molecule has 21 heavy (non-hydrogen) atoms. The largest absolute Gasteiger partial charge is 0.394 e. The van der Waals surface area contributed by atoms with E-state index in [2.05, 4.69) is 10.0 Å². The second kappa shape index (κ2) is 6.59. The number of nitrogens with one attached hydrogen (secondary N) is 2. The van der Waals surface area contributed by atoms with E-state index in [9.17, 15) is 18.3 Å². The molecule has 1 heterocycles. The van der Waals surface area contributed by atoms with E-state index in [1.54, 1.807) is 7.05 Å². The molecule has 0 radical (unpaired) electrons. The molecule has 120 valence electrons. The molecule has 1 aromatic rings. The lowest BCUT2D eigenvalue weighted by molar-refractivity contribution is 0.0809. The van der Waals surface area contributed by atoms with Crippen LogP contribution in [-0.2, 0) is 17.1 Å². The standard InChI is InChI=1S/C13H23N3O4S/c1-5-13(6-2,9-17)15-12(18)11-7-10(8-16(11)4)21(19,20)14-3/h7-8,14,17H,5-6,9H2,1-4H3,(H,15,18). The van der Waals surface area contributed by atoms with Gasteiger partial charge in [0.15, 0.2) is 0 Å².